The predicted molar refractivity (Wildman–Crippen MR) is 115 cm³/mol. The smallest absolute Gasteiger partial charge is 0.419 e. The normalized spacial score (nSPS) is 18.1. The van der Waals surface area contributed by atoms with Gasteiger partial charge in [-0.15, -0.1) is 0 Å². The summed E-state index contributed by atoms with van der Waals surface area (Å²) >= 11 is 6.57. The molecule has 3 rings (SSSR count). The van der Waals surface area contributed by atoms with Crippen LogP contribution in [-0.2, 0) is 17.3 Å². The zero-order chi connectivity index (χ0) is 23.8. The summed E-state index contributed by atoms with van der Waals surface area (Å²) in [4.78, 5) is 20.2. The first-order chi connectivity index (χ1) is 14.8. The number of hydrogen-bond acceptors (Lipinski definition) is 4. The van der Waals surface area contributed by atoms with Crippen LogP contribution < -0.4 is 0 Å². The van der Waals surface area contributed by atoms with Crippen molar-refractivity contribution in [2.45, 2.75) is 52.3 Å². The number of rotatable bonds is 0. The minimum atomic E-state index is -4.78. The van der Waals surface area contributed by atoms with Crippen LogP contribution in [0.15, 0.2) is 27.7 Å². The van der Waals surface area contributed by atoms with Gasteiger partial charge in [0.1, 0.15) is 17.3 Å². The Balaban J connectivity index is 1.89. The van der Waals surface area contributed by atoms with E-state index in [2.05, 4.69) is 4.99 Å². The molecule has 1 aromatic carbocycles. The van der Waals surface area contributed by atoms with Crippen LogP contribution >= 0.6 is 11.6 Å². The van der Waals surface area contributed by atoms with Gasteiger partial charge in [0.2, 0.25) is 0 Å². The topological polar surface area (TPSA) is 45.1 Å². The predicted octanol–water partition coefficient (Wildman–Crippen LogP) is 5.89. The first kappa shape index (κ1) is 24.4. The average molecular weight is 476 g/mol. The number of amides is 1. The van der Waals surface area contributed by atoms with Crippen LogP contribution in [0.1, 0.15) is 45.2 Å². The molecule has 1 amide bonds. The molecule has 2 heterocycles. The van der Waals surface area contributed by atoms with Crippen LogP contribution in [0.2, 0.25) is 0 Å². The molecule has 10 heteroatoms. The van der Waals surface area contributed by atoms with Gasteiger partial charge in [0.25, 0.3) is 0 Å². The summed E-state index contributed by atoms with van der Waals surface area (Å²) in [7, 11) is 0. The second-order valence-corrected chi connectivity index (χ2v) is 9.32. The third kappa shape index (κ3) is 5.54. The van der Waals surface area contributed by atoms with E-state index in [1.165, 1.54) is 0 Å². The lowest BCUT2D eigenvalue weighted by Crippen LogP contribution is -2.51. The Morgan fingerprint density at radius 1 is 1.09 bits per heavy atom. The van der Waals surface area contributed by atoms with Crippen LogP contribution in [0.4, 0.5) is 28.0 Å². The Hall–Kier alpha value is -2.29. The number of carbonyl (C=O) groups excluding carboxylic acids is 1. The highest BCUT2D eigenvalue weighted by atomic mass is 35.5. The maximum Gasteiger partial charge on any atom is 0.419 e. The van der Waals surface area contributed by atoms with Crippen LogP contribution in [0.3, 0.4) is 0 Å². The number of carbonyl (C=O) groups is 1. The number of allylic oxidation sites excluding steroid dienone is 1. The molecule has 2 aliphatic heterocycles. The van der Waals surface area contributed by atoms with Crippen molar-refractivity contribution in [1.29, 1.82) is 0 Å². The molecule has 0 aliphatic carbocycles. The van der Waals surface area contributed by atoms with Gasteiger partial charge in [0, 0.05) is 32.2 Å². The van der Waals surface area contributed by atoms with Gasteiger partial charge in [0.05, 0.1) is 16.3 Å². The van der Waals surface area contributed by atoms with Gasteiger partial charge in [-0.2, -0.15) is 13.2 Å². The number of aryl methyl sites for hydroxylation is 1. The quantitative estimate of drug-likeness (QED) is 0.440. The Morgan fingerprint density at radius 3 is 2.28 bits per heavy atom. The van der Waals surface area contributed by atoms with Gasteiger partial charge in [-0.1, -0.05) is 17.2 Å². The number of fused-ring (bicyclic) bond motifs is 1. The first-order valence-corrected chi connectivity index (χ1v) is 10.7. The molecule has 5 nitrogen and oxygen atoms in total. The van der Waals surface area contributed by atoms with Crippen molar-refractivity contribution in [2.24, 2.45) is 4.99 Å². The van der Waals surface area contributed by atoms with Crippen molar-refractivity contribution < 1.29 is 27.1 Å². The fraction of sp³-hybridized carbons (Fsp3) is 0.545. The number of benzene rings is 1. The molecule has 0 N–H and O–H groups in total. The lowest BCUT2D eigenvalue weighted by molar-refractivity contribution is -0.140. The monoisotopic (exact) mass is 475 g/mol. The largest absolute Gasteiger partial charge is 0.444 e. The summed E-state index contributed by atoms with van der Waals surface area (Å²) in [5, 5.41) is 0.390. The molecule has 0 atom stereocenters. The molecule has 0 radical (unpaired) electrons. The van der Waals surface area contributed by atoms with E-state index in [-0.39, 0.29) is 12.1 Å². The average Bonchev–Trinajstić information content (AvgIpc) is 2.67. The summed E-state index contributed by atoms with van der Waals surface area (Å²) in [5.74, 6) is -1.00. The fourth-order valence-corrected chi connectivity index (χ4v) is 3.81. The molecule has 0 aromatic heterocycles. The molecule has 176 valence electrons. The molecule has 1 saturated heterocycles. The highest BCUT2D eigenvalue weighted by Crippen LogP contribution is 2.37. The van der Waals surface area contributed by atoms with E-state index in [0.29, 0.717) is 49.0 Å². The summed E-state index contributed by atoms with van der Waals surface area (Å²) in [5.41, 5.74) is -0.682. The van der Waals surface area contributed by atoms with Gasteiger partial charge >= 0.3 is 12.3 Å². The van der Waals surface area contributed by atoms with Crippen molar-refractivity contribution in [3.8, 4) is 0 Å². The minimum absolute atomic E-state index is 0.130. The zero-order valence-corrected chi connectivity index (χ0v) is 19.2. The van der Waals surface area contributed by atoms with E-state index in [1.54, 1.807) is 32.6 Å². The number of nitrogens with zero attached hydrogens (tertiary/aromatic N) is 3. The van der Waals surface area contributed by atoms with Crippen molar-refractivity contribution in [3.05, 3.63) is 39.7 Å². The lowest BCUT2D eigenvalue weighted by atomic mass is 9.99. The Morgan fingerprint density at radius 2 is 1.72 bits per heavy atom. The number of amidine groups is 1. The number of halogens is 5. The van der Waals surface area contributed by atoms with Crippen molar-refractivity contribution >= 4 is 29.2 Å². The number of ether oxygens (including phenoxy) is 1. The minimum Gasteiger partial charge on any atom is -0.444 e. The highest BCUT2D eigenvalue weighted by molar-refractivity contribution is 6.43. The summed E-state index contributed by atoms with van der Waals surface area (Å²) < 4.78 is 59.1. The number of hydrogen-bond donors (Lipinski definition) is 0. The van der Waals surface area contributed by atoms with Crippen LogP contribution in [0.25, 0.3) is 0 Å². The molecule has 1 aromatic rings. The summed E-state index contributed by atoms with van der Waals surface area (Å²) in [6.45, 7) is 8.71. The van der Waals surface area contributed by atoms with E-state index < -0.39 is 29.3 Å². The number of aliphatic imine (C=N–C) groups is 1. The zero-order valence-electron chi connectivity index (χ0n) is 18.4. The molecule has 0 unspecified atom stereocenters. The highest BCUT2D eigenvalue weighted by Gasteiger charge is 2.35. The van der Waals surface area contributed by atoms with E-state index in [9.17, 15) is 22.4 Å². The standard InChI is InChI=1S/C22H26ClF4N3O2/c1-13-5-6-14-11-15(22(25,26)27)16(24)12-17(14)28-19(18(13)23)29-7-9-30(10-8-29)20(31)32-21(2,3)4/h11-12H,5-10H2,1-4H3. The second kappa shape index (κ2) is 8.92. The fourth-order valence-electron chi connectivity index (χ4n) is 3.55. The molecule has 2 aliphatic rings. The van der Waals surface area contributed by atoms with Gasteiger partial charge in [-0.05, 0) is 52.2 Å². The maximum atomic E-state index is 14.2. The van der Waals surface area contributed by atoms with Gasteiger partial charge in [0.15, 0.2) is 0 Å². The van der Waals surface area contributed by atoms with Crippen LogP contribution in [0, 0.1) is 5.82 Å². The molecule has 0 bridgehead atoms. The van der Waals surface area contributed by atoms with Gasteiger partial charge in [-0.25, -0.2) is 14.2 Å². The number of piperazine rings is 1. The Kier molecular flexibility index (Phi) is 6.79. The van der Waals surface area contributed by atoms with Crippen LogP contribution in [0.5, 0.6) is 0 Å². The lowest BCUT2D eigenvalue weighted by Gasteiger charge is -2.37. The maximum absolute atomic E-state index is 14.2. The van der Waals surface area contributed by atoms with Crippen molar-refractivity contribution in [1.82, 2.24) is 9.80 Å². The third-order valence-corrected chi connectivity index (χ3v) is 5.76. The Bertz CT molecular complexity index is 959. The van der Waals surface area contributed by atoms with Crippen molar-refractivity contribution in [2.75, 3.05) is 26.2 Å². The molecule has 32 heavy (non-hydrogen) atoms. The SMILES string of the molecule is CC1=C(Cl)C(N2CCN(C(=O)OC(C)(C)C)CC2)=Nc2cc(F)c(C(F)(F)F)cc2CC1. The van der Waals surface area contributed by atoms with E-state index in [1.807, 2.05) is 4.90 Å². The van der Waals surface area contributed by atoms with Gasteiger partial charge in [-0.3, -0.25) is 0 Å². The van der Waals surface area contributed by atoms with Crippen LogP contribution in [-0.4, -0.2) is 53.5 Å². The molecule has 0 saturated carbocycles. The molecule has 0 spiro atoms. The van der Waals surface area contributed by atoms with E-state index in [0.717, 1.165) is 17.7 Å². The first-order valence-electron chi connectivity index (χ1n) is 10.3. The van der Waals surface area contributed by atoms with E-state index >= 15 is 0 Å². The molecular formula is C22H26ClF4N3O2. The van der Waals surface area contributed by atoms with Gasteiger partial charge < -0.3 is 14.5 Å². The Labute approximate surface area is 189 Å². The molecule has 1 fully saturated rings. The second-order valence-electron chi connectivity index (χ2n) is 8.94. The van der Waals surface area contributed by atoms with E-state index in [4.69, 9.17) is 16.3 Å². The number of alkyl halides is 3. The molecular weight excluding hydrogens is 450 g/mol. The summed E-state index contributed by atoms with van der Waals surface area (Å²) in [6, 6.07) is 1.65. The summed E-state index contributed by atoms with van der Waals surface area (Å²) in [6.07, 6.45) is -4.51. The third-order valence-electron chi connectivity index (χ3n) is 5.27. The van der Waals surface area contributed by atoms with Crippen molar-refractivity contribution in [3.63, 3.8) is 0 Å².